The second-order valence-electron chi connectivity index (χ2n) is 6.54. The zero-order valence-electron chi connectivity index (χ0n) is 14.9. The Bertz CT molecular complexity index is 986. The summed E-state index contributed by atoms with van der Waals surface area (Å²) in [5, 5.41) is 0. The first kappa shape index (κ1) is 17.3. The van der Waals surface area contributed by atoms with Crippen LogP contribution in [0.5, 0.6) is 0 Å². The third-order valence-corrected chi connectivity index (χ3v) is 4.73. The maximum absolute atomic E-state index is 13.4. The van der Waals surface area contributed by atoms with Crippen molar-refractivity contribution in [1.29, 1.82) is 0 Å². The molecule has 0 bridgehead atoms. The number of anilines is 1. The number of piperidine rings is 1. The quantitative estimate of drug-likeness (QED) is 0.704. The number of aryl methyl sites for hydroxylation is 1. The molecule has 1 aliphatic heterocycles. The Labute approximate surface area is 156 Å². The molecule has 0 atom stereocenters. The molecular weight excluding hydrogens is 348 g/mol. The summed E-state index contributed by atoms with van der Waals surface area (Å²) in [7, 11) is 0. The molecule has 0 unspecified atom stereocenters. The Morgan fingerprint density at radius 1 is 1.04 bits per heavy atom. The Morgan fingerprint density at radius 2 is 1.81 bits per heavy atom. The third-order valence-electron chi connectivity index (χ3n) is 4.73. The third kappa shape index (κ3) is 3.72. The van der Waals surface area contributed by atoms with E-state index in [-0.39, 0.29) is 0 Å². The second-order valence-corrected chi connectivity index (χ2v) is 6.54. The Morgan fingerprint density at radius 3 is 2.52 bits per heavy atom. The first-order valence-electron chi connectivity index (χ1n) is 8.82. The summed E-state index contributed by atoms with van der Waals surface area (Å²) in [6.07, 6.45) is 10.7. The van der Waals surface area contributed by atoms with Crippen LogP contribution in [0.4, 0.5) is 14.6 Å². The molecule has 1 saturated heterocycles. The van der Waals surface area contributed by atoms with Crippen LogP contribution >= 0.6 is 0 Å². The molecule has 0 saturated carbocycles. The van der Waals surface area contributed by atoms with Gasteiger partial charge in [0.15, 0.2) is 17.5 Å². The maximum Gasteiger partial charge on any atom is 0.159 e. The van der Waals surface area contributed by atoms with Crippen molar-refractivity contribution in [3.8, 4) is 5.82 Å². The summed E-state index contributed by atoms with van der Waals surface area (Å²) in [6, 6.07) is 3.99. The number of imidazole rings is 1. The summed E-state index contributed by atoms with van der Waals surface area (Å²) in [6.45, 7) is 3.53. The van der Waals surface area contributed by atoms with Crippen LogP contribution in [-0.4, -0.2) is 32.6 Å². The van der Waals surface area contributed by atoms with Crippen molar-refractivity contribution in [2.75, 3.05) is 18.0 Å². The van der Waals surface area contributed by atoms with Gasteiger partial charge < -0.3 is 4.90 Å². The van der Waals surface area contributed by atoms with Crippen LogP contribution in [0.15, 0.2) is 48.6 Å². The number of rotatable bonds is 3. The predicted octanol–water partition coefficient (Wildman–Crippen LogP) is 3.93. The van der Waals surface area contributed by atoms with Crippen molar-refractivity contribution in [1.82, 2.24) is 19.5 Å². The normalized spacial score (nSPS) is 14.5. The Balaban J connectivity index is 1.47. The Kier molecular flexibility index (Phi) is 4.66. The number of halogens is 2. The van der Waals surface area contributed by atoms with Crippen LogP contribution in [0.25, 0.3) is 11.9 Å². The van der Waals surface area contributed by atoms with E-state index in [1.807, 2.05) is 23.8 Å². The summed E-state index contributed by atoms with van der Waals surface area (Å²) < 4.78 is 28.3. The van der Waals surface area contributed by atoms with Crippen LogP contribution in [0, 0.1) is 18.6 Å². The smallest absolute Gasteiger partial charge is 0.159 e. The van der Waals surface area contributed by atoms with Gasteiger partial charge in [0.25, 0.3) is 0 Å². The fourth-order valence-corrected chi connectivity index (χ4v) is 3.24. The minimum atomic E-state index is -0.821. The molecule has 0 spiro atoms. The van der Waals surface area contributed by atoms with E-state index in [4.69, 9.17) is 4.98 Å². The SMILES string of the molecule is Cc1nccn1-c1cncc(N2CCC(=Cc3ccc(F)c(F)c3)CC2)n1. The van der Waals surface area contributed by atoms with Crippen LogP contribution in [-0.2, 0) is 0 Å². The molecule has 1 aliphatic rings. The summed E-state index contributed by atoms with van der Waals surface area (Å²) in [5.74, 6) is 0.789. The van der Waals surface area contributed by atoms with Crippen molar-refractivity contribution >= 4 is 11.9 Å². The van der Waals surface area contributed by atoms with E-state index in [2.05, 4.69) is 14.9 Å². The molecule has 138 valence electrons. The molecule has 2 aromatic heterocycles. The van der Waals surface area contributed by atoms with E-state index >= 15 is 0 Å². The molecule has 3 heterocycles. The zero-order valence-corrected chi connectivity index (χ0v) is 14.9. The number of benzene rings is 1. The highest BCUT2D eigenvalue weighted by Crippen LogP contribution is 2.24. The molecule has 1 fully saturated rings. The molecule has 5 nitrogen and oxygen atoms in total. The number of hydrogen-bond donors (Lipinski definition) is 0. The fraction of sp³-hybridized carbons (Fsp3) is 0.250. The van der Waals surface area contributed by atoms with E-state index in [9.17, 15) is 8.78 Å². The average molecular weight is 367 g/mol. The molecular formula is C20H19F2N5. The van der Waals surface area contributed by atoms with E-state index in [0.29, 0.717) is 5.56 Å². The highest BCUT2D eigenvalue weighted by Gasteiger charge is 2.17. The van der Waals surface area contributed by atoms with Crippen molar-refractivity contribution in [2.24, 2.45) is 0 Å². The molecule has 7 heteroatoms. The van der Waals surface area contributed by atoms with Gasteiger partial charge in [-0.05, 0) is 37.5 Å². The molecule has 4 rings (SSSR count). The topological polar surface area (TPSA) is 46.8 Å². The lowest BCUT2D eigenvalue weighted by atomic mass is 10.0. The van der Waals surface area contributed by atoms with Gasteiger partial charge in [0.05, 0.1) is 12.4 Å². The van der Waals surface area contributed by atoms with E-state index in [0.717, 1.165) is 49.5 Å². The minimum absolute atomic E-state index is 0.690. The highest BCUT2D eigenvalue weighted by molar-refractivity contribution is 5.54. The van der Waals surface area contributed by atoms with Gasteiger partial charge in [-0.3, -0.25) is 9.55 Å². The Hall–Kier alpha value is -3.09. The first-order chi connectivity index (χ1) is 13.1. The highest BCUT2D eigenvalue weighted by atomic mass is 19.2. The molecule has 0 aliphatic carbocycles. The monoisotopic (exact) mass is 367 g/mol. The molecule has 3 aromatic rings. The van der Waals surface area contributed by atoms with Gasteiger partial charge in [0.2, 0.25) is 0 Å². The van der Waals surface area contributed by atoms with Gasteiger partial charge in [-0.2, -0.15) is 0 Å². The van der Waals surface area contributed by atoms with Crippen molar-refractivity contribution in [3.63, 3.8) is 0 Å². The lowest BCUT2D eigenvalue weighted by Crippen LogP contribution is -2.31. The molecule has 0 amide bonds. The molecule has 0 N–H and O–H groups in total. The minimum Gasteiger partial charge on any atom is -0.355 e. The van der Waals surface area contributed by atoms with Crippen molar-refractivity contribution in [2.45, 2.75) is 19.8 Å². The zero-order chi connectivity index (χ0) is 18.8. The molecule has 0 radical (unpaired) electrons. The van der Waals surface area contributed by atoms with Gasteiger partial charge in [-0.15, -0.1) is 0 Å². The molecule has 27 heavy (non-hydrogen) atoms. The van der Waals surface area contributed by atoms with E-state index in [1.165, 1.54) is 11.6 Å². The van der Waals surface area contributed by atoms with E-state index < -0.39 is 11.6 Å². The lowest BCUT2D eigenvalue weighted by Gasteiger charge is -2.29. The van der Waals surface area contributed by atoms with Gasteiger partial charge in [-0.25, -0.2) is 18.7 Å². The second kappa shape index (κ2) is 7.26. The standard InChI is InChI=1S/C20H19F2N5/c1-14-24-6-9-27(14)20-13-23-12-19(25-20)26-7-4-15(5-8-26)10-16-2-3-17(21)18(22)11-16/h2-3,6,9-13H,4-5,7-8H2,1H3. The van der Waals surface area contributed by atoms with Crippen LogP contribution in [0.2, 0.25) is 0 Å². The number of nitrogens with zero attached hydrogens (tertiary/aromatic N) is 5. The van der Waals surface area contributed by atoms with Gasteiger partial charge in [0, 0.05) is 25.5 Å². The number of aromatic nitrogens is 4. The maximum atomic E-state index is 13.4. The summed E-state index contributed by atoms with van der Waals surface area (Å²) in [5.41, 5.74) is 1.90. The summed E-state index contributed by atoms with van der Waals surface area (Å²) in [4.78, 5) is 15.4. The lowest BCUT2D eigenvalue weighted by molar-refractivity contribution is 0.508. The number of hydrogen-bond acceptors (Lipinski definition) is 4. The van der Waals surface area contributed by atoms with Crippen LogP contribution < -0.4 is 4.90 Å². The molecule has 1 aromatic carbocycles. The van der Waals surface area contributed by atoms with Crippen molar-refractivity contribution in [3.05, 3.63) is 71.6 Å². The van der Waals surface area contributed by atoms with Gasteiger partial charge in [-0.1, -0.05) is 17.7 Å². The van der Waals surface area contributed by atoms with Gasteiger partial charge >= 0.3 is 0 Å². The largest absolute Gasteiger partial charge is 0.355 e. The average Bonchev–Trinajstić information content (AvgIpc) is 3.11. The summed E-state index contributed by atoms with van der Waals surface area (Å²) >= 11 is 0. The van der Waals surface area contributed by atoms with Crippen LogP contribution in [0.1, 0.15) is 24.2 Å². The van der Waals surface area contributed by atoms with E-state index in [1.54, 1.807) is 24.7 Å². The predicted molar refractivity (Wildman–Crippen MR) is 99.7 cm³/mol. The van der Waals surface area contributed by atoms with Crippen molar-refractivity contribution < 1.29 is 8.78 Å². The first-order valence-corrected chi connectivity index (χ1v) is 8.82. The van der Waals surface area contributed by atoms with Crippen LogP contribution in [0.3, 0.4) is 0 Å². The fourth-order valence-electron chi connectivity index (χ4n) is 3.24. The van der Waals surface area contributed by atoms with Gasteiger partial charge in [0.1, 0.15) is 11.6 Å².